The first-order chi connectivity index (χ1) is 8.76. The Morgan fingerprint density at radius 2 is 2.22 bits per heavy atom. The van der Waals surface area contributed by atoms with Gasteiger partial charge in [-0.05, 0) is 62.6 Å². The molecule has 1 N–H and O–H groups in total. The Labute approximate surface area is 110 Å². The van der Waals surface area contributed by atoms with Crippen molar-refractivity contribution in [3.8, 4) is 0 Å². The molecule has 3 rings (SSSR count). The SMILES string of the molecule is CNC(Cc1ccc(C)cn1)C1CC2CCC1C2. The number of rotatable bonds is 4. The van der Waals surface area contributed by atoms with E-state index in [0.29, 0.717) is 6.04 Å². The fourth-order valence-electron chi connectivity index (χ4n) is 4.10. The average molecular weight is 244 g/mol. The number of likely N-dealkylation sites (N-methyl/N-ethyl adjacent to an activating group) is 1. The lowest BCUT2D eigenvalue weighted by Crippen LogP contribution is -2.38. The second kappa shape index (κ2) is 5.00. The van der Waals surface area contributed by atoms with Gasteiger partial charge in [0.2, 0.25) is 0 Å². The molecule has 1 heterocycles. The van der Waals surface area contributed by atoms with E-state index in [0.717, 1.165) is 24.2 Å². The van der Waals surface area contributed by atoms with Gasteiger partial charge in [0.15, 0.2) is 0 Å². The summed E-state index contributed by atoms with van der Waals surface area (Å²) in [5.41, 5.74) is 2.49. The zero-order valence-corrected chi connectivity index (χ0v) is 11.5. The van der Waals surface area contributed by atoms with Crippen LogP contribution in [0.5, 0.6) is 0 Å². The number of aryl methyl sites for hydroxylation is 1. The maximum atomic E-state index is 4.56. The summed E-state index contributed by atoms with van der Waals surface area (Å²) in [7, 11) is 2.12. The molecule has 2 bridgehead atoms. The molecule has 0 saturated heterocycles. The first kappa shape index (κ1) is 12.2. The van der Waals surface area contributed by atoms with Crippen LogP contribution >= 0.6 is 0 Å². The molecular formula is C16H24N2. The summed E-state index contributed by atoms with van der Waals surface area (Å²) in [5.74, 6) is 2.90. The first-order valence-corrected chi connectivity index (χ1v) is 7.35. The molecule has 0 spiro atoms. The number of hydrogen-bond donors (Lipinski definition) is 1. The third kappa shape index (κ3) is 2.31. The summed E-state index contributed by atoms with van der Waals surface area (Å²) < 4.78 is 0. The second-order valence-electron chi connectivity index (χ2n) is 6.26. The highest BCUT2D eigenvalue weighted by Crippen LogP contribution is 2.49. The second-order valence-corrected chi connectivity index (χ2v) is 6.26. The van der Waals surface area contributed by atoms with Crippen LogP contribution < -0.4 is 5.32 Å². The van der Waals surface area contributed by atoms with Gasteiger partial charge in [0, 0.05) is 24.4 Å². The van der Waals surface area contributed by atoms with Crippen LogP contribution in [0.25, 0.3) is 0 Å². The zero-order chi connectivity index (χ0) is 12.5. The quantitative estimate of drug-likeness (QED) is 0.881. The Balaban J connectivity index is 1.67. The van der Waals surface area contributed by atoms with E-state index in [1.807, 2.05) is 6.20 Å². The number of nitrogens with zero attached hydrogens (tertiary/aromatic N) is 1. The van der Waals surface area contributed by atoms with Gasteiger partial charge in [0.05, 0.1) is 0 Å². The van der Waals surface area contributed by atoms with Crippen LogP contribution in [0.4, 0.5) is 0 Å². The van der Waals surface area contributed by atoms with Gasteiger partial charge in [-0.25, -0.2) is 0 Å². The molecule has 2 aliphatic rings. The fraction of sp³-hybridized carbons (Fsp3) is 0.688. The van der Waals surface area contributed by atoms with Crippen LogP contribution in [0.1, 0.15) is 36.9 Å². The molecule has 0 aromatic carbocycles. The van der Waals surface area contributed by atoms with Crippen molar-refractivity contribution in [2.24, 2.45) is 17.8 Å². The number of hydrogen-bond acceptors (Lipinski definition) is 2. The van der Waals surface area contributed by atoms with Gasteiger partial charge in [-0.1, -0.05) is 12.5 Å². The molecular weight excluding hydrogens is 220 g/mol. The third-order valence-electron chi connectivity index (χ3n) is 5.08. The van der Waals surface area contributed by atoms with E-state index in [2.05, 4.69) is 36.4 Å². The number of aromatic nitrogens is 1. The average Bonchev–Trinajstić information content (AvgIpc) is 3.00. The summed E-state index contributed by atoms with van der Waals surface area (Å²) >= 11 is 0. The standard InChI is InChI=1S/C16H24N2/c1-11-3-6-14(18-10-11)9-16(17-2)15-8-12-4-5-13(15)7-12/h3,6,10,12-13,15-17H,4-5,7-9H2,1-2H3. The molecule has 2 heteroatoms. The minimum absolute atomic E-state index is 0.621. The van der Waals surface area contributed by atoms with E-state index in [1.165, 1.54) is 36.9 Å². The molecule has 98 valence electrons. The Bertz CT molecular complexity index is 398. The van der Waals surface area contributed by atoms with Crippen LogP contribution in [0, 0.1) is 24.7 Å². The van der Waals surface area contributed by atoms with E-state index in [9.17, 15) is 0 Å². The maximum absolute atomic E-state index is 4.56. The summed E-state index contributed by atoms with van der Waals surface area (Å²) in [6.45, 7) is 2.10. The van der Waals surface area contributed by atoms with E-state index in [1.54, 1.807) is 0 Å². The van der Waals surface area contributed by atoms with Gasteiger partial charge in [-0.15, -0.1) is 0 Å². The lowest BCUT2D eigenvalue weighted by Gasteiger charge is -2.30. The highest BCUT2D eigenvalue weighted by molar-refractivity contribution is 5.13. The predicted molar refractivity (Wildman–Crippen MR) is 74.5 cm³/mol. The lowest BCUT2D eigenvalue weighted by atomic mass is 9.81. The van der Waals surface area contributed by atoms with Crippen molar-refractivity contribution < 1.29 is 0 Å². The maximum Gasteiger partial charge on any atom is 0.0419 e. The number of pyridine rings is 1. The van der Waals surface area contributed by atoms with Crippen LogP contribution in [0.3, 0.4) is 0 Å². The van der Waals surface area contributed by atoms with Gasteiger partial charge < -0.3 is 5.32 Å². The summed E-state index contributed by atoms with van der Waals surface area (Å²) in [5, 5.41) is 3.55. The van der Waals surface area contributed by atoms with Crippen LogP contribution in [-0.4, -0.2) is 18.1 Å². The van der Waals surface area contributed by atoms with Crippen molar-refractivity contribution >= 4 is 0 Å². The summed E-state index contributed by atoms with van der Waals surface area (Å²) in [6, 6.07) is 4.98. The summed E-state index contributed by atoms with van der Waals surface area (Å²) in [6.07, 6.45) is 8.97. The summed E-state index contributed by atoms with van der Waals surface area (Å²) in [4.78, 5) is 4.56. The van der Waals surface area contributed by atoms with E-state index < -0.39 is 0 Å². The molecule has 1 aromatic rings. The highest BCUT2D eigenvalue weighted by Gasteiger charge is 2.42. The minimum Gasteiger partial charge on any atom is -0.316 e. The molecule has 4 atom stereocenters. The Morgan fingerprint density at radius 3 is 2.78 bits per heavy atom. The van der Waals surface area contributed by atoms with Gasteiger partial charge in [0.1, 0.15) is 0 Å². The van der Waals surface area contributed by atoms with Crippen LogP contribution in [-0.2, 0) is 6.42 Å². The monoisotopic (exact) mass is 244 g/mol. The number of fused-ring (bicyclic) bond motifs is 2. The van der Waals surface area contributed by atoms with Crippen molar-refractivity contribution in [1.29, 1.82) is 0 Å². The third-order valence-corrected chi connectivity index (χ3v) is 5.08. The molecule has 4 unspecified atom stereocenters. The molecule has 2 saturated carbocycles. The van der Waals surface area contributed by atoms with Crippen LogP contribution in [0.15, 0.2) is 18.3 Å². The zero-order valence-electron chi connectivity index (χ0n) is 11.5. The molecule has 0 amide bonds. The van der Waals surface area contributed by atoms with Gasteiger partial charge in [0.25, 0.3) is 0 Å². The molecule has 0 aliphatic heterocycles. The molecule has 2 fully saturated rings. The Hall–Kier alpha value is -0.890. The first-order valence-electron chi connectivity index (χ1n) is 7.35. The largest absolute Gasteiger partial charge is 0.316 e. The van der Waals surface area contributed by atoms with Crippen molar-refractivity contribution in [1.82, 2.24) is 10.3 Å². The van der Waals surface area contributed by atoms with Gasteiger partial charge in [-0.3, -0.25) is 4.98 Å². The molecule has 2 nitrogen and oxygen atoms in total. The van der Waals surface area contributed by atoms with Gasteiger partial charge in [-0.2, -0.15) is 0 Å². The number of nitrogens with one attached hydrogen (secondary N) is 1. The van der Waals surface area contributed by atoms with Crippen molar-refractivity contribution in [3.05, 3.63) is 29.6 Å². The normalized spacial score (nSPS) is 31.8. The smallest absolute Gasteiger partial charge is 0.0419 e. The topological polar surface area (TPSA) is 24.9 Å². The predicted octanol–water partition coefficient (Wildman–Crippen LogP) is 2.96. The molecule has 0 radical (unpaired) electrons. The van der Waals surface area contributed by atoms with Crippen LogP contribution in [0.2, 0.25) is 0 Å². The van der Waals surface area contributed by atoms with Crippen molar-refractivity contribution in [2.75, 3.05) is 7.05 Å². The molecule has 18 heavy (non-hydrogen) atoms. The van der Waals surface area contributed by atoms with E-state index in [4.69, 9.17) is 0 Å². The molecule has 1 aromatic heterocycles. The van der Waals surface area contributed by atoms with Gasteiger partial charge >= 0.3 is 0 Å². The lowest BCUT2D eigenvalue weighted by molar-refractivity contribution is 0.254. The fourth-order valence-corrected chi connectivity index (χ4v) is 4.10. The van der Waals surface area contributed by atoms with Crippen molar-refractivity contribution in [3.63, 3.8) is 0 Å². The Morgan fingerprint density at radius 1 is 1.33 bits per heavy atom. The van der Waals surface area contributed by atoms with Crippen molar-refractivity contribution in [2.45, 2.75) is 45.1 Å². The molecule has 2 aliphatic carbocycles. The minimum atomic E-state index is 0.621. The van der Waals surface area contributed by atoms with E-state index in [-0.39, 0.29) is 0 Å². The van der Waals surface area contributed by atoms with E-state index >= 15 is 0 Å². The Kier molecular flexibility index (Phi) is 3.38. The highest BCUT2D eigenvalue weighted by atomic mass is 14.9.